The van der Waals surface area contributed by atoms with E-state index >= 15 is 0 Å². The van der Waals surface area contributed by atoms with Crippen LogP contribution in [0.2, 0.25) is 0 Å². The van der Waals surface area contributed by atoms with Crippen molar-refractivity contribution < 1.29 is 0 Å². The molecule has 3 aromatic rings. The maximum Gasteiger partial charge on any atom is 0.205 e. The Bertz CT molecular complexity index is 702. The molecule has 0 saturated carbocycles. The lowest BCUT2D eigenvalue weighted by atomic mass is 10.1. The van der Waals surface area contributed by atoms with Crippen molar-refractivity contribution in [3.63, 3.8) is 0 Å². The van der Waals surface area contributed by atoms with Gasteiger partial charge in [0.1, 0.15) is 5.01 Å². The predicted molar refractivity (Wildman–Crippen MR) is 83.2 cm³/mol. The van der Waals surface area contributed by atoms with Crippen LogP contribution in [0.1, 0.15) is 23.9 Å². The lowest BCUT2D eigenvalue weighted by Gasteiger charge is -2.03. The number of pyridine rings is 1. The highest BCUT2D eigenvalue weighted by molar-refractivity contribution is 7.15. The van der Waals surface area contributed by atoms with E-state index in [1.165, 1.54) is 10.9 Å². The van der Waals surface area contributed by atoms with Crippen LogP contribution in [0.25, 0.3) is 10.9 Å². The summed E-state index contributed by atoms with van der Waals surface area (Å²) < 4.78 is 0. The molecule has 0 radical (unpaired) electrons. The van der Waals surface area contributed by atoms with E-state index < -0.39 is 0 Å². The molecule has 0 saturated heterocycles. The van der Waals surface area contributed by atoms with Crippen molar-refractivity contribution in [2.75, 3.05) is 11.9 Å². The van der Waals surface area contributed by atoms with Gasteiger partial charge in [0.05, 0.1) is 5.52 Å². The van der Waals surface area contributed by atoms with Crippen LogP contribution in [0.15, 0.2) is 36.5 Å². The summed E-state index contributed by atoms with van der Waals surface area (Å²) in [6.07, 6.45) is 3.74. The molecule has 0 amide bonds. The third-order valence-electron chi connectivity index (χ3n) is 3.07. The average Bonchev–Trinajstić information content (AvgIpc) is 2.93. The molecule has 5 heteroatoms. The Morgan fingerprint density at radius 2 is 2.05 bits per heavy atom. The van der Waals surface area contributed by atoms with Crippen LogP contribution in [0.5, 0.6) is 0 Å². The second kappa shape index (κ2) is 5.96. The molecule has 0 bridgehead atoms. The van der Waals surface area contributed by atoms with Gasteiger partial charge in [0.15, 0.2) is 0 Å². The highest BCUT2D eigenvalue weighted by atomic mass is 32.1. The summed E-state index contributed by atoms with van der Waals surface area (Å²) in [5.41, 5.74) is 2.27. The number of anilines is 1. The Labute approximate surface area is 121 Å². The van der Waals surface area contributed by atoms with Crippen molar-refractivity contribution in [2.24, 2.45) is 0 Å². The van der Waals surface area contributed by atoms with E-state index in [1.54, 1.807) is 11.3 Å². The first-order chi connectivity index (χ1) is 9.86. The van der Waals surface area contributed by atoms with Gasteiger partial charge in [0.2, 0.25) is 5.13 Å². The Balaban J connectivity index is 1.84. The van der Waals surface area contributed by atoms with E-state index in [2.05, 4.69) is 39.6 Å². The number of rotatable bonds is 5. The molecule has 0 aliphatic heterocycles. The Hall–Kier alpha value is -2.01. The highest BCUT2D eigenvalue weighted by Crippen LogP contribution is 2.22. The van der Waals surface area contributed by atoms with E-state index in [9.17, 15) is 0 Å². The molecule has 0 aliphatic carbocycles. The topological polar surface area (TPSA) is 50.7 Å². The monoisotopic (exact) mass is 284 g/mol. The smallest absolute Gasteiger partial charge is 0.205 e. The van der Waals surface area contributed by atoms with E-state index in [0.29, 0.717) is 0 Å². The van der Waals surface area contributed by atoms with Gasteiger partial charge in [-0.3, -0.25) is 4.98 Å². The third kappa shape index (κ3) is 2.77. The minimum absolute atomic E-state index is 0.800. The molecule has 0 spiro atoms. The number of hydrogen-bond donors (Lipinski definition) is 1. The molecule has 3 rings (SSSR count). The summed E-state index contributed by atoms with van der Waals surface area (Å²) >= 11 is 1.62. The molecule has 0 atom stereocenters. The van der Waals surface area contributed by atoms with Crippen LogP contribution in [-0.2, 0) is 6.42 Å². The van der Waals surface area contributed by atoms with Gasteiger partial charge in [0.25, 0.3) is 0 Å². The van der Waals surface area contributed by atoms with Crippen molar-refractivity contribution in [1.82, 2.24) is 15.2 Å². The Morgan fingerprint density at radius 3 is 2.95 bits per heavy atom. The van der Waals surface area contributed by atoms with Gasteiger partial charge < -0.3 is 5.32 Å². The van der Waals surface area contributed by atoms with E-state index in [1.807, 2.05) is 24.4 Å². The Morgan fingerprint density at radius 1 is 1.15 bits per heavy atom. The van der Waals surface area contributed by atoms with Crippen LogP contribution in [0, 0.1) is 0 Å². The maximum atomic E-state index is 4.38. The Kier molecular flexibility index (Phi) is 3.87. The molecule has 2 aromatic heterocycles. The van der Waals surface area contributed by atoms with Gasteiger partial charge in [-0.25, -0.2) is 0 Å². The van der Waals surface area contributed by atoms with E-state index in [-0.39, 0.29) is 0 Å². The molecule has 2 heterocycles. The summed E-state index contributed by atoms with van der Waals surface area (Å²) in [6.45, 7) is 3.07. The number of hydrogen-bond acceptors (Lipinski definition) is 5. The molecule has 0 fully saturated rings. The van der Waals surface area contributed by atoms with Crippen molar-refractivity contribution in [2.45, 2.75) is 19.8 Å². The fraction of sp³-hybridized carbons (Fsp3) is 0.267. The first-order valence-corrected chi connectivity index (χ1v) is 7.57. The van der Waals surface area contributed by atoms with Crippen LogP contribution in [0.4, 0.5) is 5.13 Å². The third-order valence-corrected chi connectivity index (χ3v) is 3.96. The van der Waals surface area contributed by atoms with Gasteiger partial charge in [-0.1, -0.05) is 36.5 Å². The first-order valence-electron chi connectivity index (χ1n) is 6.75. The molecule has 102 valence electrons. The quantitative estimate of drug-likeness (QED) is 0.779. The number of fused-ring (bicyclic) bond motifs is 1. The molecule has 1 N–H and O–H groups in total. The second-order valence-corrected chi connectivity index (χ2v) is 5.65. The van der Waals surface area contributed by atoms with Crippen molar-refractivity contribution in [3.8, 4) is 0 Å². The maximum absolute atomic E-state index is 4.38. The summed E-state index contributed by atoms with van der Waals surface area (Å²) in [5, 5.41) is 14.8. The molecule has 4 nitrogen and oxygen atoms in total. The van der Waals surface area contributed by atoms with E-state index in [0.717, 1.165) is 35.0 Å². The normalized spacial score (nSPS) is 10.8. The lowest BCUT2D eigenvalue weighted by molar-refractivity contribution is 0.952. The zero-order valence-corrected chi connectivity index (χ0v) is 12.2. The number of benzene rings is 1. The minimum Gasteiger partial charge on any atom is -0.360 e. The second-order valence-electron chi connectivity index (χ2n) is 4.59. The molecule has 20 heavy (non-hydrogen) atoms. The SMILES string of the molecule is CCCNc1nnc(Cc2ccnc3ccccc23)s1. The molecular weight excluding hydrogens is 268 g/mol. The van der Waals surface area contributed by atoms with Crippen molar-refractivity contribution in [1.29, 1.82) is 0 Å². The van der Waals surface area contributed by atoms with Crippen molar-refractivity contribution in [3.05, 3.63) is 47.1 Å². The van der Waals surface area contributed by atoms with Crippen LogP contribution in [-0.4, -0.2) is 21.7 Å². The van der Waals surface area contributed by atoms with E-state index in [4.69, 9.17) is 0 Å². The molecule has 1 aromatic carbocycles. The highest BCUT2D eigenvalue weighted by Gasteiger charge is 2.07. The zero-order chi connectivity index (χ0) is 13.8. The first kappa shape index (κ1) is 13.0. The predicted octanol–water partition coefficient (Wildman–Crippen LogP) is 3.50. The average molecular weight is 284 g/mol. The number of para-hydroxylation sites is 1. The summed E-state index contributed by atoms with van der Waals surface area (Å²) in [4.78, 5) is 4.38. The van der Waals surface area contributed by atoms with Gasteiger partial charge in [0, 0.05) is 24.5 Å². The van der Waals surface area contributed by atoms with Gasteiger partial charge in [-0.2, -0.15) is 0 Å². The summed E-state index contributed by atoms with van der Waals surface area (Å²) in [7, 11) is 0. The van der Waals surface area contributed by atoms with Crippen molar-refractivity contribution >= 4 is 27.4 Å². The van der Waals surface area contributed by atoms with Crippen LogP contribution < -0.4 is 5.32 Å². The summed E-state index contributed by atoms with van der Waals surface area (Å²) in [6, 6.07) is 10.3. The minimum atomic E-state index is 0.800. The van der Waals surface area contributed by atoms with Gasteiger partial charge in [-0.15, -0.1) is 10.2 Å². The van der Waals surface area contributed by atoms with Crippen LogP contribution >= 0.6 is 11.3 Å². The molecule has 0 unspecified atom stereocenters. The van der Waals surface area contributed by atoms with Gasteiger partial charge in [-0.05, 0) is 24.1 Å². The van der Waals surface area contributed by atoms with Gasteiger partial charge >= 0.3 is 0 Å². The van der Waals surface area contributed by atoms with Crippen LogP contribution in [0.3, 0.4) is 0 Å². The number of nitrogens with zero attached hydrogens (tertiary/aromatic N) is 3. The largest absolute Gasteiger partial charge is 0.360 e. The number of aromatic nitrogens is 3. The zero-order valence-electron chi connectivity index (χ0n) is 11.3. The standard InChI is InChI=1S/C15H16N4S/c1-2-8-17-15-19-18-14(20-15)10-11-7-9-16-13-6-4-3-5-12(11)13/h3-7,9H,2,8,10H2,1H3,(H,17,19). The molecule has 0 aliphatic rings. The summed E-state index contributed by atoms with van der Waals surface area (Å²) in [5.74, 6) is 0. The molecular formula is C15H16N4S. The number of nitrogens with one attached hydrogen (secondary N) is 1. The lowest BCUT2D eigenvalue weighted by Crippen LogP contribution is -1.98. The fourth-order valence-corrected chi connectivity index (χ4v) is 2.89. The fourth-order valence-electron chi connectivity index (χ4n) is 2.10.